The number of carbonyl (C=O) groups excluding carboxylic acids is 2. The number of thiocarbonyl (C=S) groups is 1. The molecule has 1 aliphatic carbocycles. The van der Waals surface area contributed by atoms with Gasteiger partial charge >= 0.3 is 5.97 Å². The van der Waals surface area contributed by atoms with Crippen LogP contribution in [0.25, 0.3) is 0 Å². The first-order valence-electron chi connectivity index (χ1n) is 6.18. The largest absolute Gasteiger partial charge is 0.469 e. The predicted molar refractivity (Wildman–Crippen MR) is 69.8 cm³/mol. The summed E-state index contributed by atoms with van der Waals surface area (Å²) in [6, 6.07) is 0. The number of hydrogen-bond donors (Lipinski definition) is 1. The monoisotopic (exact) mass is 270 g/mol. The van der Waals surface area contributed by atoms with Gasteiger partial charge in [0.2, 0.25) is 5.91 Å². The highest BCUT2D eigenvalue weighted by Crippen LogP contribution is 2.43. The van der Waals surface area contributed by atoms with Gasteiger partial charge in [-0.1, -0.05) is 18.6 Å². The van der Waals surface area contributed by atoms with Gasteiger partial charge in [-0.05, 0) is 19.3 Å². The Labute approximate surface area is 112 Å². The molecule has 6 heteroatoms. The summed E-state index contributed by atoms with van der Waals surface area (Å²) in [5.74, 6) is -0.460. The first-order chi connectivity index (χ1) is 8.51. The molecule has 1 unspecified atom stereocenters. The van der Waals surface area contributed by atoms with Crippen LogP contribution < -0.4 is 5.73 Å². The normalized spacial score (nSPS) is 25.4. The number of nitrogens with zero attached hydrogens (tertiary/aromatic N) is 1. The first kappa shape index (κ1) is 13.3. The third-order valence-electron chi connectivity index (χ3n) is 4.10. The highest BCUT2D eigenvalue weighted by Gasteiger charge is 2.50. The molecule has 1 saturated carbocycles. The minimum absolute atomic E-state index is 0.00680. The van der Waals surface area contributed by atoms with Crippen molar-refractivity contribution in [2.24, 2.45) is 17.1 Å². The zero-order valence-electron chi connectivity index (χ0n) is 10.5. The Hall–Kier alpha value is -1.17. The lowest BCUT2D eigenvalue weighted by atomic mass is 9.67. The number of carbonyl (C=O) groups is 2. The van der Waals surface area contributed by atoms with Crippen molar-refractivity contribution < 1.29 is 14.3 Å². The van der Waals surface area contributed by atoms with Crippen LogP contribution in [0, 0.1) is 11.3 Å². The molecule has 0 spiro atoms. The fourth-order valence-corrected chi connectivity index (χ4v) is 2.99. The lowest BCUT2D eigenvalue weighted by molar-refractivity contribution is -0.145. The molecule has 2 rings (SSSR count). The van der Waals surface area contributed by atoms with Crippen molar-refractivity contribution in [2.75, 3.05) is 20.2 Å². The average Bonchev–Trinajstić information content (AvgIpc) is 2.74. The molecule has 18 heavy (non-hydrogen) atoms. The van der Waals surface area contributed by atoms with Crippen molar-refractivity contribution >= 4 is 29.1 Å². The Bertz CT molecular complexity index is 393. The summed E-state index contributed by atoms with van der Waals surface area (Å²) in [5.41, 5.74) is 5.08. The second kappa shape index (κ2) is 4.84. The predicted octanol–water partition coefficient (Wildman–Crippen LogP) is 0.464. The molecule has 5 nitrogen and oxygen atoms in total. The molecule has 0 aromatic carbocycles. The van der Waals surface area contributed by atoms with E-state index in [4.69, 9.17) is 22.7 Å². The van der Waals surface area contributed by atoms with Crippen molar-refractivity contribution in [2.45, 2.75) is 25.7 Å². The summed E-state index contributed by atoms with van der Waals surface area (Å²) in [4.78, 5) is 25.9. The van der Waals surface area contributed by atoms with Gasteiger partial charge in [-0.25, -0.2) is 0 Å². The van der Waals surface area contributed by atoms with Crippen molar-refractivity contribution in [1.29, 1.82) is 0 Å². The summed E-state index contributed by atoms with van der Waals surface area (Å²) in [5, 5.41) is 0. The number of esters is 1. The van der Waals surface area contributed by atoms with Crippen LogP contribution in [0.3, 0.4) is 0 Å². The van der Waals surface area contributed by atoms with E-state index in [1.54, 1.807) is 4.90 Å². The average molecular weight is 270 g/mol. The van der Waals surface area contributed by atoms with Gasteiger partial charge in [0, 0.05) is 13.1 Å². The Kier molecular flexibility index (Phi) is 3.56. The second-order valence-electron chi connectivity index (χ2n) is 5.06. The van der Waals surface area contributed by atoms with Crippen LogP contribution in [0.15, 0.2) is 0 Å². The van der Waals surface area contributed by atoms with Gasteiger partial charge in [-0.2, -0.15) is 0 Å². The SMILES string of the molecule is COC(=O)C1CCN(C(=O)C2(C(N)=S)CCC2)C1. The molecule has 1 amide bonds. The van der Waals surface area contributed by atoms with E-state index in [0.29, 0.717) is 24.5 Å². The van der Waals surface area contributed by atoms with E-state index in [2.05, 4.69) is 0 Å². The molecule has 1 aliphatic heterocycles. The summed E-state index contributed by atoms with van der Waals surface area (Å²) < 4.78 is 4.71. The van der Waals surface area contributed by atoms with Crippen molar-refractivity contribution in [3.63, 3.8) is 0 Å². The smallest absolute Gasteiger partial charge is 0.310 e. The highest BCUT2D eigenvalue weighted by molar-refractivity contribution is 7.80. The number of hydrogen-bond acceptors (Lipinski definition) is 4. The molecule has 0 radical (unpaired) electrons. The van der Waals surface area contributed by atoms with Crippen LogP contribution in [-0.4, -0.2) is 42.0 Å². The number of nitrogens with two attached hydrogens (primary N) is 1. The Morgan fingerprint density at radius 2 is 2.11 bits per heavy atom. The molecule has 0 aromatic rings. The standard InChI is InChI=1S/C12H18N2O3S/c1-17-9(15)8-3-6-14(7-8)11(16)12(10(13)18)4-2-5-12/h8H,2-7H2,1H3,(H2,13,18). The van der Waals surface area contributed by atoms with E-state index >= 15 is 0 Å². The zero-order chi connectivity index (χ0) is 13.3. The molecule has 2 fully saturated rings. The molecule has 1 atom stereocenters. The minimum atomic E-state index is -0.639. The van der Waals surface area contributed by atoms with Gasteiger partial charge in [-0.3, -0.25) is 9.59 Å². The Balaban J connectivity index is 2.03. The number of likely N-dealkylation sites (tertiary alicyclic amines) is 1. The van der Waals surface area contributed by atoms with Gasteiger partial charge in [0.25, 0.3) is 0 Å². The van der Waals surface area contributed by atoms with Crippen molar-refractivity contribution in [3.05, 3.63) is 0 Å². The number of rotatable bonds is 3. The first-order valence-corrected chi connectivity index (χ1v) is 6.59. The fraction of sp³-hybridized carbons (Fsp3) is 0.750. The van der Waals surface area contributed by atoms with E-state index in [0.717, 1.165) is 19.3 Å². The molecule has 0 bridgehead atoms. The van der Waals surface area contributed by atoms with E-state index in [-0.39, 0.29) is 17.8 Å². The van der Waals surface area contributed by atoms with Crippen LogP contribution in [0.5, 0.6) is 0 Å². The summed E-state index contributed by atoms with van der Waals surface area (Å²) in [6.45, 7) is 1.01. The summed E-state index contributed by atoms with van der Waals surface area (Å²) in [6.07, 6.45) is 3.12. The number of ether oxygens (including phenoxy) is 1. The van der Waals surface area contributed by atoms with Crippen LogP contribution in [0.4, 0.5) is 0 Å². The van der Waals surface area contributed by atoms with Crippen LogP contribution in [0.1, 0.15) is 25.7 Å². The van der Waals surface area contributed by atoms with E-state index in [9.17, 15) is 9.59 Å². The van der Waals surface area contributed by atoms with E-state index < -0.39 is 5.41 Å². The second-order valence-corrected chi connectivity index (χ2v) is 5.50. The van der Waals surface area contributed by atoms with Gasteiger partial charge in [0.1, 0.15) is 0 Å². The van der Waals surface area contributed by atoms with Crippen molar-refractivity contribution in [3.8, 4) is 0 Å². The zero-order valence-corrected chi connectivity index (χ0v) is 11.3. The summed E-state index contributed by atoms with van der Waals surface area (Å²) in [7, 11) is 1.37. The molecular formula is C12H18N2O3S. The third kappa shape index (κ3) is 1.98. The molecule has 0 aromatic heterocycles. The highest BCUT2D eigenvalue weighted by atomic mass is 32.1. The van der Waals surface area contributed by atoms with Crippen LogP contribution in [-0.2, 0) is 14.3 Å². The maximum absolute atomic E-state index is 12.5. The van der Waals surface area contributed by atoms with Crippen LogP contribution >= 0.6 is 12.2 Å². The molecule has 1 heterocycles. The van der Waals surface area contributed by atoms with Crippen molar-refractivity contribution in [1.82, 2.24) is 4.90 Å². The third-order valence-corrected chi connectivity index (χ3v) is 4.49. The van der Waals surface area contributed by atoms with Gasteiger partial charge in [-0.15, -0.1) is 0 Å². The topological polar surface area (TPSA) is 72.6 Å². The van der Waals surface area contributed by atoms with Gasteiger partial charge in [0.05, 0.1) is 23.4 Å². The number of methoxy groups -OCH3 is 1. The van der Waals surface area contributed by atoms with E-state index in [1.165, 1.54) is 7.11 Å². The fourth-order valence-electron chi connectivity index (χ4n) is 2.70. The summed E-state index contributed by atoms with van der Waals surface area (Å²) >= 11 is 5.04. The molecule has 2 aliphatic rings. The lowest BCUT2D eigenvalue weighted by Crippen LogP contribution is -2.54. The maximum Gasteiger partial charge on any atom is 0.310 e. The molecular weight excluding hydrogens is 252 g/mol. The molecule has 100 valence electrons. The number of amides is 1. The maximum atomic E-state index is 12.5. The molecule has 1 saturated heterocycles. The minimum Gasteiger partial charge on any atom is -0.469 e. The van der Waals surface area contributed by atoms with Crippen LogP contribution in [0.2, 0.25) is 0 Å². The quantitative estimate of drug-likeness (QED) is 0.596. The van der Waals surface area contributed by atoms with Gasteiger partial charge < -0.3 is 15.4 Å². The molecule has 2 N–H and O–H groups in total. The Morgan fingerprint density at radius 3 is 2.56 bits per heavy atom. The van der Waals surface area contributed by atoms with Gasteiger partial charge in [0.15, 0.2) is 0 Å². The van der Waals surface area contributed by atoms with E-state index in [1.807, 2.05) is 0 Å². The lowest BCUT2D eigenvalue weighted by Gasteiger charge is -2.41. The Morgan fingerprint density at radius 1 is 1.44 bits per heavy atom.